The van der Waals surface area contributed by atoms with Gasteiger partial charge < -0.3 is 11.1 Å². The SMILES string of the molecule is CC(C)(N)CNC(=O)c1cnsn1. The van der Waals surface area contributed by atoms with E-state index < -0.39 is 5.54 Å². The van der Waals surface area contributed by atoms with Crippen molar-refractivity contribution in [2.24, 2.45) is 5.73 Å². The van der Waals surface area contributed by atoms with Crippen molar-refractivity contribution < 1.29 is 4.79 Å². The van der Waals surface area contributed by atoms with Gasteiger partial charge in [0.05, 0.1) is 17.9 Å². The van der Waals surface area contributed by atoms with Crippen molar-refractivity contribution in [3.8, 4) is 0 Å². The molecule has 1 rings (SSSR count). The number of nitrogens with zero attached hydrogens (tertiary/aromatic N) is 2. The lowest BCUT2D eigenvalue weighted by Crippen LogP contribution is -2.45. The minimum absolute atomic E-state index is 0.229. The van der Waals surface area contributed by atoms with E-state index in [9.17, 15) is 4.79 Å². The molecule has 0 unspecified atom stereocenters. The van der Waals surface area contributed by atoms with Crippen molar-refractivity contribution in [1.29, 1.82) is 0 Å². The number of rotatable bonds is 3. The van der Waals surface area contributed by atoms with Gasteiger partial charge in [-0.3, -0.25) is 4.79 Å². The number of hydrogen-bond acceptors (Lipinski definition) is 5. The van der Waals surface area contributed by atoms with Crippen LogP contribution in [0.5, 0.6) is 0 Å². The molecular weight excluding hydrogens is 188 g/mol. The van der Waals surface area contributed by atoms with Crippen LogP contribution in [-0.2, 0) is 0 Å². The Bertz CT molecular complexity index is 277. The van der Waals surface area contributed by atoms with E-state index in [1.165, 1.54) is 6.20 Å². The van der Waals surface area contributed by atoms with E-state index in [1.807, 2.05) is 13.8 Å². The number of carbonyl (C=O) groups excluding carboxylic acids is 1. The normalized spacial score (nSPS) is 11.3. The highest BCUT2D eigenvalue weighted by atomic mass is 32.1. The molecule has 0 spiro atoms. The Morgan fingerprint density at radius 1 is 1.77 bits per heavy atom. The summed E-state index contributed by atoms with van der Waals surface area (Å²) in [6.45, 7) is 4.10. The second-order valence-electron chi connectivity index (χ2n) is 3.46. The van der Waals surface area contributed by atoms with Crippen LogP contribution in [0, 0.1) is 0 Å². The highest BCUT2D eigenvalue weighted by Gasteiger charge is 2.14. The minimum atomic E-state index is -0.404. The Morgan fingerprint density at radius 3 is 2.92 bits per heavy atom. The molecular formula is C7H12N4OS. The Hall–Kier alpha value is -1.01. The van der Waals surface area contributed by atoms with Crippen LogP contribution < -0.4 is 11.1 Å². The molecule has 0 radical (unpaired) electrons. The van der Waals surface area contributed by atoms with Crippen molar-refractivity contribution >= 4 is 17.6 Å². The summed E-state index contributed by atoms with van der Waals surface area (Å²) in [6, 6.07) is 0. The second kappa shape index (κ2) is 3.80. The van der Waals surface area contributed by atoms with E-state index >= 15 is 0 Å². The minimum Gasteiger partial charge on any atom is -0.349 e. The predicted molar refractivity (Wildman–Crippen MR) is 50.5 cm³/mol. The largest absolute Gasteiger partial charge is 0.349 e. The Balaban J connectivity index is 2.44. The van der Waals surface area contributed by atoms with E-state index in [-0.39, 0.29) is 5.91 Å². The van der Waals surface area contributed by atoms with Gasteiger partial charge in [-0.1, -0.05) is 0 Å². The maximum atomic E-state index is 11.3. The molecule has 5 nitrogen and oxygen atoms in total. The smallest absolute Gasteiger partial charge is 0.272 e. The maximum Gasteiger partial charge on any atom is 0.272 e. The fourth-order valence-corrected chi connectivity index (χ4v) is 1.08. The summed E-state index contributed by atoms with van der Waals surface area (Å²) in [5.74, 6) is -0.229. The standard InChI is InChI=1S/C7H12N4OS/c1-7(2,8)4-9-6(12)5-3-10-13-11-5/h3H,4,8H2,1-2H3,(H,9,12). The van der Waals surface area contributed by atoms with Crippen LogP contribution in [0.4, 0.5) is 0 Å². The lowest BCUT2D eigenvalue weighted by molar-refractivity contribution is 0.0942. The van der Waals surface area contributed by atoms with Crippen LogP contribution in [0.3, 0.4) is 0 Å². The summed E-state index contributed by atoms with van der Waals surface area (Å²) in [4.78, 5) is 11.3. The van der Waals surface area contributed by atoms with Gasteiger partial charge in [-0.2, -0.15) is 8.75 Å². The van der Waals surface area contributed by atoms with Crippen LogP contribution in [0.25, 0.3) is 0 Å². The zero-order valence-electron chi connectivity index (χ0n) is 7.57. The van der Waals surface area contributed by atoms with Gasteiger partial charge in [-0.25, -0.2) is 0 Å². The molecule has 0 saturated heterocycles. The number of nitrogens with one attached hydrogen (secondary N) is 1. The van der Waals surface area contributed by atoms with Gasteiger partial charge in [0.15, 0.2) is 5.69 Å². The molecule has 13 heavy (non-hydrogen) atoms. The third kappa shape index (κ3) is 3.47. The van der Waals surface area contributed by atoms with Crippen molar-refractivity contribution in [3.05, 3.63) is 11.9 Å². The first-order chi connectivity index (χ1) is 5.99. The highest BCUT2D eigenvalue weighted by Crippen LogP contribution is 1.97. The summed E-state index contributed by atoms with van der Waals surface area (Å²) >= 11 is 1.01. The first kappa shape index (κ1) is 10.1. The van der Waals surface area contributed by atoms with Gasteiger partial charge in [0, 0.05) is 12.1 Å². The third-order valence-corrected chi connectivity index (χ3v) is 1.78. The van der Waals surface area contributed by atoms with Crippen LogP contribution in [0.1, 0.15) is 24.3 Å². The number of carbonyl (C=O) groups is 1. The zero-order chi connectivity index (χ0) is 9.90. The van der Waals surface area contributed by atoms with Gasteiger partial charge >= 0.3 is 0 Å². The third-order valence-electron chi connectivity index (χ3n) is 1.30. The van der Waals surface area contributed by atoms with Crippen molar-refractivity contribution in [2.45, 2.75) is 19.4 Å². The Labute approximate surface area is 80.7 Å². The zero-order valence-corrected chi connectivity index (χ0v) is 8.39. The number of aromatic nitrogens is 2. The lowest BCUT2D eigenvalue weighted by atomic mass is 10.1. The molecule has 1 aromatic rings. The number of nitrogens with two attached hydrogens (primary N) is 1. The van der Waals surface area contributed by atoms with Crippen LogP contribution in [-0.4, -0.2) is 26.7 Å². The van der Waals surface area contributed by atoms with Crippen LogP contribution in [0.15, 0.2) is 6.20 Å². The summed E-state index contributed by atoms with van der Waals surface area (Å²) < 4.78 is 7.52. The van der Waals surface area contributed by atoms with Crippen LogP contribution >= 0.6 is 11.7 Å². The van der Waals surface area contributed by atoms with Gasteiger partial charge in [0.25, 0.3) is 5.91 Å². The van der Waals surface area contributed by atoms with Crippen molar-refractivity contribution in [1.82, 2.24) is 14.1 Å². The molecule has 1 amide bonds. The molecule has 3 N–H and O–H groups in total. The lowest BCUT2D eigenvalue weighted by Gasteiger charge is -2.18. The molecule has 72 valence electrons. The van der Waals surface area contributed by atoms with Gasteiger partial charge in [0.2, 0.25) is 0 Å². The fraction of sp³-hybridized carbons (Fsp3) is 0.571. The molecule has 0 aliphatic carbocycles. The van der Waals surface area contributed by atoms with Gasteiger partial charge in [-0.15, -0.1) is 0 Å². The van der Waals surface area contributed by atoms with Crippen molar-refractivity contribution in [3.63, 3.8) is 0 Å². The van der Waals surface area contributed by atoms with E-state index in [1.54, 1.807) is 0 Å². The molecule has 6 heteroatoms. The summed E-state index contributed by atoms with van der Waals surface area (Å²) in [7, 11) is 0. The van der Waals surface area contributed by atoms with E-state index in [2.05, 4.69) is 14.1 Å². The molecule has 0 aromatic carbocycles. The second-order valence-corrected chi connectivity index (χ2v) is 4.02. The number of amides is 1. The highest BCUT2D eigenvalue weighted by molar-refractivity contribution is 6.99. The molecule has 1 heterocycles. The molecule has 0 aliphatic rings. The molecule has 0 aliphatic heterocycles. The summed E-state index contributed by atoms with van der Waals surface area (Å²) in [6.07, 6.45) is 1.43. The molecule has 0 bridgehead atoms. The van der Waals surface area contributed by atoms with Crippen molar-refractivity contribution in [2.75, 3.05) is 6.54 Å². The maximum absolute atomic E-state index is 11.3. The summed E-state index contributed by atoms with van der Waals surface area (Å²) in [5.41, 5.74) is 5.63. The Morgan fingerprint density at radius 2 is 2.46 bits per heavy atom. The quantitative estimate of drug-likeness (QED) is 0.720. The van der Waals surface area contributed by atoms with E-state index in [0.29, 0.717) is 12.2 Å². The Kier molecular flexibility index (Phi) is 2.94. The predicted octanol–water partition coefficient (Wildman–Crippen LogP) is 0.00520. The number of hydrogen-bond donors (Lipinski definition) is 2. The molecule has 0 atom stereocenters. The van der Waals surface area contributed by atoms with Gasteiger partial charge in [-0.05, 0) is 13.8 Å². The van der Waals surface area contributed by atoms with E-state index in [0.717, 1.165) is 11.7 Å². The first-order valence-electron chi connectivity index (χ1n) is 3.84. The topological polar surface area (TPSA) is 80.9 Å². The fourth-order valence-electron chi connectivity index (χ4n) is 0.663. The monoisotopic (exact) mass is 200 g/mol. The average molecular weight is 200 g/mol. The van der Waals surface area contributed by atoms with Gasteiger partial charge in [0.1, 0.15) is 0 Å². The molecule has 0 saturated carbocycles. The molecule has 0 fully saturated rings. The summed E-state index contributed by atoms with van der Waals surface area (Å²) in [5, 5.41) is 2.67. The van der Waals surface area contributed by atoms with E-state index in [4.69, 9.17) is 5.73 Å². The average Bonchev–Trinajstić information content (AvgIpc) is 2.50. The van der Waals surface area contributed by atoms with Crippen LogP contribution in [0.2, 0.25) is 0 Å². The first-order valence-corrected chi connectivity index (χ1v) is 4.57. The molecule has 1 aromatic heterocycles.